The van der Waals surface area contributed by atoms with Crippen LogP contribution in [0.4, 0.5) is 0 Å². The summed E-state index contributed by atoms with van der Waals surface area (Å²) in [6.45, 7) is 2.18. The molecule has 0 N–H and O–H groups in total. The molecule has 0 bridgehead atoms. The highest BCUT2D eigenvalue weighted by atomic mass is 16.5. The second kappa shape index (κ2) is 6.96. The zero-order chi connectivity index (χ0) is 16.1. The average molecular weight is 309 g/mol. The number of benzene rings is 1. The van der Waals surface area contributed by atoms with Gasteiger partial charge in [-0.2, -0.15) is 5.10 Å². The molecule has 3 rings (SSSR count). The van der Waals surface area contributed by atoms with Crippen LogP contribution in [-0.4, -0.2) is 20.3 Å². The molecule has 0 amide bonds. The van der Waals surface area contributed by atoms with Gasteiger partial charge >= 0.3 is 5.97 Å². The molecule has 1 aromatic carbocycles. The summed E-state index contributed by atoms with van der Waals surface area (Å²) in [7, 11) is 0. The van der Waals surface area contributed by atoms with Crippen LogP contribution in [0.1, 0.15) is 25.1 Å². The number of carbonyl (C=O) groups excluding carboxylic acids is 1. The van der Waals surface area contributed by atoms with Crippen LogP contribution in [0.3, 0.4) is 0 Å². The number of para-hydroxylation sites is 1. The summed E-state index contributed by atoms with van der Waals surface area (Å²) in [4.78, 5) is 11.9. The molecule has 23 heavy (non-hydrogen) atoms. The minimum atomic E-state index is -0.222. The van der Waals surface area contributed by atoms with E-state index < -0.39 is 0 Å². The van der Waals surface area contributed by atoms with E-state index in [0.29, 0.717) is 6.42 Å². The van der Waals surface area contributed by atoms with Crippen LogP contribution in [0.25, 0.3) is 5.69 Å². The minimum Gasteiger partial charge on any atom is -0.459 e. The van der Waals surface area contributed by atoms with E-state index in [1.54, 1.807) is 4.68 Å². The van der Waals surface area contributed by atoms with Gasteiger partial charge < -0.3 is 9.30 Å². The number of esters is 1. The first kappa shape index (κ1) is 15.1. The molecule has 0 saturated carbocycles. The number of aromatic nitrogens is 3. The van der Waals surface area contributed by atoms with E-state index in [0.717, 1.165) is 11.4 Å². The van der Waals surface area contributed by atoms with E-state index in [1.165, 1.54) is 0 Å². The highest BCUT2D eigenvalue weighted by Crippen LogP contribution is 2.13. The SMILES string of the molecule is C[C@H](CC(=O)OCc1ccn(-c2ccccc2)n1)n1cccc1. The molecule has 0 radical (unpaired) electrons. The van der Waals surface area contributed by atoms with Gasteiger partial charge in [-0.1, -0.05) is 18.2 Å². The molecule has 5 heteroatoms. The monoisotopic (exact) mass is 309 g/mol. The maximum atomic E-state index is 11.9. The van der Waals surface area contributed by atoms with Gasteiger partial charge in [-0.15, -0.1) is 0 Å². The van der Waals surface area contributed by atoms with E-state index >= 15 is 0 Å². The first-order valence-corrected chi connectivity index (χ1v) is 7.60. The summed E-state index contributed by atoms with van der Waals surface area (Å²) in [6, 6.07) is 15.6. The lowest BCUT2D eigenvalue weighted by Gasteiger charge is -2.12. The van der Waals surface area contributed by atoms with Gasteiger partial charge in [0.05, 0.1) is 12.1 Å². The smallest absolute Gasteiger partial charge is 0.308 e. The van der Waals surface area contributed by atoms with Gasteiger partial charge in [-0.25, -0.2) is 4.68 Å². The number of ether oxygens (including phenoxy) is 1. The predicted molar refractivity (Wildman–Crippen MR) is 87.1 cm³/mol. The standard InChI is InChI=1S/C18H19N3O2/c1-15(20-10-5-6-11-20)13-18(22)23-14-16-9-12-21(19-16)17-7-3-2-4-8-17/h2-12,15H,13-14H2,1H3/t15-/m1/s1. The Morgan fingerprint density at radius 1 is 1.09 bits per heavy atom. The Hall–Kier alpha value is -2.82. The van der Waals surface area contributed by atoms with Gasteiger partial charge in [0.25, 0.3) is 0 Å². The molecule has 0 aliphatic heterocycles. The summed E-state index contributed by atoms with van der Waals surface area (Å²) in [5.74, 6) is -0.222. The third-order valence-corrected chi connectivity index (χ3v) is 3.64. The largest absolute Gasteiger partial charge is 0.459 e. The second-order valence-corrected chi connectivity index (χ2v) is 5.43. The van der Waals surface area contributed by atoms with E-state index in [1.807, 2.05) is 78.6 Å². The third kappa shape index (κ3) is 3.88. The molecule has 118 valence electrons. The highest BCUT2D eigenvalue weighted by molar-refractivity contribution is 5.69. The van der Waals surface area contributed by atoms with Crippen molar-refractivity contribution in [3.05, 3.63) is 72.8 Å². The Morgan fingerprint density at radius 2 is 1.83 bits per heavy atom. The van der Waals surface area contributed by atoms with E-state index in [-0.39, 0.29) is 18.6 Å². The Balaban J connectivity index is 1.52. The minimum absolute atomic E-state index is 0.0828. The van der Waals surface area contributed by atoms with Crippen LogP contribution < -0.4 is 0 Å². The number of nitrogens with zero attached hydrogens (tertiary/aromatic N) is 3. The molecular weight excluding hydrogens is 290 g/mol. The summed E-state index contributed by atoms with van der Waals surface area (Å²) in [6.07, 6.45) is 6.09. The number of hydrogen-bond donors (Lipinski definition) is 0. The topological polar surface area (TPSA) is 49.1 Å². The van der Waals surface area contributed by atoms with Crippen LogP contribution in [0, 0.1) is 0 Å². The second-order valence-electron chi connectivity index (χ2n) is 5.43. The van der Waals surface area contributed by atoms with Crippen molar-refractivity contribution in [2.75, 3.05) is 0 Å². The molecule has 0 fully saturated rings. The number of rotatable bonds is 6. The zero-order valence-electron chi connectivity index (χ0n) is 13.0. The maximum absolute atomic E-state index is 11.9. The Morgan fingerprint density at radius 3 is 2.57 bits per heavy atom. The van der Waals surface area contributed by atoms with Crippen LogP contribution in [-0.2, 0) is 16.1 Å². The zero-order valence-corrected chi connectivity index (χ0v) is 13.0. The predicted octanol–water partition coefficient (Wildman–Crippen LogP) is 3.37. The molecule has 0 aliphatic rings. The molecule has 3 aromatic rings. The van der Waals surface area contributed by atoms with Crippen molar-refractivity contribution in [3.63, 3.8) is 0 Å². The molecule has 0 aliphatic carbocycles. The fourth-order valence-corrected chi connectivity index (χ4v) is 2.36. The van der Waals surface area contributed by atoms with Crippen LogP contribution in [0.5, 0.6) is 0 Å². The average Bonchev–Trinajstić information content (AvgIpc) is 3.25. The first-order chi connectivity index (χ1) is 11.2. The van der Waals surface area contributed by atoms with Crippen molar-refractivity contribution in [3.8, 4) is 5.69 Å². The summed E-state index contributed by atoms with van der Waals surface area (Å²) < 4.78 is 9.08. The molecule has 1 atom stereocenters. The fraction of sp³-hybridized carbons (Fsp3) is 0.222. The number of carbonyl (C=O) groups is 1. The van der Waals surface area contributed by atoms with Gasteiger partial charge in [0, 0.05) is 24.6 Å². The molecule has 0 spiro atoms. The van der Waals surface area contributed by atoms with Crippen molar-refractivity contribution < 1.29 is 9.53 Å². The van der Waals surface area contributed by atoms with Crippen molar-refractivity contribution in [2.45, 2.75) is 26.0 Å². The van der Waals surface area contributed by atoms with E-state index in [2.05, 4.69) is 5.10 Å². The normalized spacial score (nSPS) is 12.0. The third-order valence-electron chi connectivity index (χ3n) is 3.64. The highest BCUT2D eigenvalue weighted by Gasteiger charge is 2.12. The lowest BCUT2D eigenvalue weighted by Crippen LogP contribution is -2.12. The van der Waals surface area contributed by atoms with E-state index in [4.69, 9.17) is 4.74 Å². The lowest BCUT2D eigenvalue weighted by atomic mass is 10.2. The lowest BCUT2D eigenvalue weighted by molar-refractivity contribution is -0.145. The Kier molecular flexibility index (Phi) is 4.57. The Bertz CT molecular complexity index is 748. The molecule has 0 saturated heterocycles. The number of hydrogen-bond acceptors (Lipinski definition) is 3. The van der Waals surface area contributed by atoms with Gasteiger partial charge in [-0.05, 0) is 37.3 Å². The molecular formula is C18H19N3O2. The maximum Gasteiger partial charge on any atom is 0.308 e. The Labute approximate surface area is 135 Å². The van der Waals surface area contributed by atoms with E-state index in [9.17, 15) is 4.79 Å². The van der Waals surface area contributed by atoms with Crippen molar-refractivity contribution >= 4 is 5.97 Å². The van der Waals surface area contributed by atoms with Crippen molar-refractivity contribution in [1.29, 1.82) is 0 Å². The summed E-state index contributed by atoms with van der Waals surface area (Å²) in [5.41, 5.74) is 1.71. The summed E-state index contributed by atoms with van der Waals surface area (Å²) >= 11 is 0. The van der Waals surface area contributed by atoms with Crippen molar-refractivity contribution in [2.24, 2.45) is 0 Å². The van der Waals surface area contributed by atoms with Crippen molar-refractivity contribution in [1.82, 2.24) is 14.3 Å². The fourth-order valence-electron chi connectivity index (χ4n) is 2.36. The molecule has 2 aromatic heterocycles. The van der Waals surface area contributed by atoms with Crippen LogP contribution in [0.15, 0.2) is 67.1 Å². The van der Waals surface area contributed by atoms with Gasteiger partial charge in [0.1, 0.15) is 12.3 Å². The first-order valence-electron chi connectivity index (χ1n) is 7.60. The quantitative estimate of drug-likeness (QED) is 0.656. The molecule has 2 heterocycles. The summed E-state index contributed by atoms with van der Waals surface area (Å²) in [5, 5.41) is 4.42. The molecule has 0 unspecified atom stereocenters. The van der Waals surface area contributed by atoms with Gasteiger partial charge in [-0.3, -0.25) is 4.79 Å². The molecule has 5 nitrogen and oxygen atoms in total. The van der Waals surface area contributed by atoms with Gasteiger partial charge in [0.15, 0.2) is 0 Å². The van der Waals surface area contributed by atoms with Gasteiger partial charge in [0.2, 0.25) is 0 Å². The van der Waals surface area contributed by atoms with Crippen LogP contribution >= 0.6 is 0 Å². The van der Waals surface area contributed by atoms with Crippen LogP contribution in [0.2, 0.25) is 0 Å².